The van der Waals surface area contributed by atoms with E-state index in [1.54, 1.807) is 12.4 Å². The molecule has 1 fully saturated rings. The van der Waals surface area contributed by atoms with E-state index >= 15 is 0 Å². The summed E-state index contributed by atoms with van der Waals surface area (Å²) in [4.78, 5) is 26.2. The molecule has 0 radical (unpaired) electrons. The number of ether oxygens (including phenoxy) is 1. The lowest BCUT2D eigenvalue weighted by molar-refractivity contribution is -0.111. The van der Waals surface area contributed by atoms with Crippen LogP contribution < -0.4 is 11.1 Å². The maximum atomic E-state index is 11.6. The van der Waals surface area contributed by atoms with Crippen LogP contribution in [0.2, 0.25) is 0 Å². The quantitative estimate of drug-likeness (QED) is 0.574. The average Bonchev–Trinajstić information content (AvgIpc) is 3.39. The first-order chi connectivity index (χ1) is 17.1. The van der Waals surface area contributed by atoms with Gasteiger partial charge in [0.1, 0.15) is 0 Å². The molecule has 2 aromatic rings. The second kappa shape index (κ2) is 10.4. The van der Waals surface area contributed by atoms with Crippen LogP contribution in [-0.2, 0) is 16.0 Å². The van der Waals surface area contributed by atoms with Crippen molar-refractivity contribution in [1.82, 2.24) is 19.8 Å². The molecule has 0 aliphatic carbocycles. The van der Waals surface area contributed by atoms with Gasteiger partial charge in [-0.3, -0.25) is 4.79 Å². The number of nitrogens with zero attached hydrogens (tertiary/aromatic N) is 4. The van der Waals surface area contributed by atoms with Crippen LogP contribution in [0, 0.1) is 0 Å². The van der Waals surface area contributed by atoms with E-state index in [0.29, 0.717) is 0 Å². The molecule has 0 bridgehead atoms. The number of nitrogen functional groups attached to an aromatic ring is 1. The summed E-state index contributed by atoms with van der Waals surface area (Å²) in [6, 6.07) is 7.94. The minimum Gasteiger partial charge on any atom is -0.378 e. The highest BCUT2D eigenvalue weighted by molar-refractivity contribution is 8.03. The maximum Gasteiger partial charge on any atom is 0.247 e. The Morgan fingerprint density at radius 1 is 1.17 bits per heavy atom. The van der Waals surface area contributed by atoms with Crippen molar-refractivity contribution in [3.63, 3.8) is 0 Å². The van der Waals surface area contributed by atoms with Gasteiger partial charge >= 0.3 is 0 Å². The number of anilines is 2. The van der Waals surface area contributed by atoms with Crippen LogP contribution in [0.25, 0.3) is 5.70 Å². The van der Waals surface area contributed by atoms with Gasteiger partial charge in [-0.2, -0.15) is 0 Å². The number of rotatable bonds is 7. The van der Waals surface area contributed by atoms with Gasteiger partial charge in [-0.25, -0.2) is 9.97 Å². The number of amides is 1. The minimum absolute atomic E-state index is 0.215. The molecule has 1 aromatic heterocycles. The zero-order valence-electron chi connectivity index (χ0n) is 19.4. The first-order valence-electron chi connectivity index (χ1n) is 11.6. The van der Waals surface area contributed by atoms with Gasteiger partial charge in [0.15, 0.2) is 0 Å². The van der Waals surface area contributed by atoms with Crippen molar-refractivity contribution in [3.05, 3.63) is 88.9 Å². The van der Waals surface area contributed by atoms with Crippen LogP contribution in [0.5, 0.6) is 0 Å². The van der Waals surface area contributed by atoms with Crippen LogP contribution in [0.4, 0.5) is 11.6 Å². The zero-order valence-corrected chi connectivity index (χ0v) is 20.3. The fourth-order valence-electron chi connectivity index (χ4n) is 4.39. The Kier molecular flexibility index (Phi) is 6.87. The Balaban J connectivity index is 1.42. The van der Waals surface area contributed by atoms with Gasteiger partial charge in [0.2, 0.25) is 11.9 Å². The Morgan fingerprint density at radius 2 is 1.91 bits per heavy atom. The van der Waals surface area contributed by atoms with Crippen molar-refractivity contribution in [2.24, 2.45) is 0 Å². The average molecular weight is 489 g/mol. The molecule has 1 aromatic carbocycles. The van der Waals surface area contributed by atoms with E-state index in [-0.39, 0.29) is 11.9 Å². The number of carbonyl (C=O) groups excluding carboxylic acids is 1. The molecule has 1 saturated heterocycles. The number of morpholine rings is 1. The Labute approximate surface area is 209 Å². The second-order valence-electron chi connectivity index (χ2n) is 8.37. The molecule has 0 saturated carbocycles. The number of hydrogen-bond acceptors (Lipinski definition) is 8. The molecule has 0 unspecified atom stereocenters. The summed E-state index contributed by atoms with van der Waals surface area (Å²) in [6.45, 7) is 7.52. The van der Waals surface area contributed by atoms with E-state index in [1.165, 1.54) is 27.9 Å². The van der Waals surface area contributed by atoms with Crippen LogP contribution in [0.1, 0.15) is 11.1 Å². The third-order valence-corrected chi connectivity index (χ3v) is 7.22. The summed E-state index contributed by atoms with van der Waals surface area (Å²) in [5.74, 6) is 1.000. The molecule has 180 valence electrons. The summed E-state index contributed by atoms with van der Waals surface area (Å²) >= 11 is 1.88. The SMILES string of the molecule is C=CC(=O)Nc1ccc(CCN2C3=CCSC3=C(N3CCOCC3)C=C2c2cnc(N)nc2)cc1. The number of thioether (sulfide) groups is 1. The van der Waals surface area contributed by atoms with Gasteiger partial charge < -0.3 is 25.6 Å². The third-order valence-electron chi connectivity index (χ3n) is 6.17. The third kappa shape index (κ3) is 5.11. The van der Waals surface area contributed by atoms with Crippen molar-refractivity contribution < 1.29 is 9.53 Å². The minimum atomic E-state index is -0.215. The summed E-state index contributed by atoms with van der Waals surface area (Å²) in [5, 5.41) is 2.79. The lowest BCUT2D eigenvalue weighted by atomic mass is 10.0. The van der Waals surface area contributed by atoms with Crippen LogP contribution in [0.15, 0.2) is 77.8 Å². The summed E-state index contributed by atoms with van der Waals surface area (Å²) < 4.78 is 5.59. The van der Waals surface area contributed by atoms with Crippen molar-refractivity contribution in [2.75, 3.05) is 49.7 Å². The predicted octanol–water partition coefficient (Wildman–Crippen LogP) is 3.26. The van der Waals surface area contributed by atoms with E-state index in [9.17, 15) is 4.79 Å². The smallest absolute Gasteiger partial charge is 0.247 e. The maximum absolute atomic E-state index is 11.6. The van der Waals surface area contributed by atoms with Gasteiger partial charge in [-0.05, 0) is 42.3 Å². The van der Waals surface area contributed by atoms with E-state index in [0.717, 1.165) is 62.0 Å². The molecule has 4 heterocycles. The van der Waals surface area contributed by atoms with E-state index < -0.39 is 0 Å². The lowest BCUT2D eigenvalue weighted by Gasteiger charge is -2.38. The Morgan fingerprint density at radius 3 is 2.63 bits per heavy atom. The summed E-state index contributed by atoms with van der Waals surface area (Å²) in [7, 11) is 0. The number of nitrogens with two attached hydrogens (primary N) is 1. The Bertz CT molecular complexity index is 1200. The number of nitrogens with one attached hydrogen (secondary N) is 1. The molecule has 8 nitrogen and oxygen atoms in total. The first kappa shape index (κ1) is 23.2. The molecule has 3 aliphatic rings. The number of aromatic nitrogens is 2. The highest BCUT2D eigenvalue weighted by Crippen LogP contribution is 2.44. The normalized spacial score (nSPS) is 17.6. The lowest BCUT2D eigenvalue weighted by Crippen LogP contribution is -2.38. The first-order valence-corrected chi connectivity index (χ1v) is 12.6. The predicted molar refractivity (Wildman–Crippen MR) is 140 cm³/mol. The van der Waals surface area contributed by atoms with Crippen LogP contribution in [-0.4, -0.2) is 64.3 Å². The molecule has 35 heavy (non-hydrogen) atoms. The molecule has 1 amide bonds. The summed E-state index contributed by atoms with van der Waals surface area (Å²) in [5.41, 5.74) is 12.2. The van der Waals surface area contributed by atoms with Gasteiger partial charge in [0.25, 0.3) is 0 Å². The van der Waals surface area contributed by atoms with E-state index in [2.05, 4.69) is 43.8 Å². The van der Waals surface area contributed by atoms with Gasteiger partial charge in [-0.15, -0.1) is 11.8 Å². The van der Waals surface area contributed by atoms with Crippen LogP contribution in [0.3, 0.4) is 0 Å². The number of benzene rings is 1. The second-order valence-corrected chi connectivity index (χ2v) is 9.40. The van der Waals surface area contributed by atoms with Gasteiger partial charge in [0, 0.05) is 49.0 Å². The standard InChI is InChI=1S/C26H28N6O2S/c1-2-24(33)30-20-5-3-18(4-6-20)7-9-32-21-8-14-35-25(21)23(31-10-12-34-13-11-31)15-22(32)19-16-28-26(27)29-17-19/h2-6,8,15-17H,1,7,9-14H2,(H,30,33)(H2,27,28,29). The van der Waals surface area contributed by atoms with Gasteiger partial charge in [0.05, 0.1) is 35.2 Å². The van der Waals surface area contributed by atoms with Crippen molar-refractivity contribution in [2.45, 2.75) is 6.42 Å². The topological polar surface area (TPSA) is 96.6 Å². The largest absolute Gasteiger partial charge is 0.378 e. The number of hydrogen-bond donors (Lipinski definition) is 2. The van der Waals surface area contributed by atoms with Crippen molar-refractivity contribution in [1.29, 1.82) is 0 Å². The molecule has 0 spiro atoms. The molecular formula is C26H28N6O2S. The van der Waals surface area contributed by atoms with Gasteiger partial charge in [-0.1, -0.05) is 18.7 Å². The molecule has 3 N–H and O–H groups in total. The summed E-state index contributed by atoms with van der Waals surface area (Å²) in [6.07, 6.45) is 10.3. The fourth-order valence-corrected chi connectivity index (χ4v) is 5.47. The van der Waals surface area contributed by atoms with Crippen LogP contribution >= 0.6 is 11.8 Å². The molecule has 3 aliphatic heterocycles. The zero-order chi connectivity index (χ0) is 24.2. The number of allylic oxidation sites excluding steroid dienone is 1. The number of carbonyl (C=O) groups is 1. The molecule has 0 atom stereocenters. The van der Waals surface area contributed by atoms with E-state index in [1.807, 2.05) is 36.0 Å². The van der Waals surface area contributed by atoms with Crippen molar-refractivity contribution in [3.8, 4) is 0 Å². The highest BCUT2D eigenvalue weighted by Gasteiger charge is 2.32. The van der Waals surface area contributed by atoms with Crippen molar-refractivity contribution >= 4 is 35.0 Å². The molecular weight excluding hydrogens is 460 g/mol. The Hall–Kier alpha value is -3.56. The highest BCUT2D eigenvalue weighted by atomic mass is 32.2. The van der Waals surface area contributed by atoms with E-state index in [4.69, 9.17) is 10.5 Å². The fraction of sp³-hybridized carbons (Fsp3) is 0.269. The molecule has 5 rings (SSSR count). The number of fused-ring (bicyclic) bond motifs is 1. The molecule has 9 heteroatoms. The monoisotopic (exact) mass is 488 g/mol.